The molecule has 0 atom stereocenters. The Morgan fingerprint density at radius 2 is 2.03 bits per heavy atom. The molecule has 2 aromatic rings. The molecule has 11 heteroatoms. The summed E-state index contributed by atoms with van der Waals surface area (Å²) in [4.78, 5) is 25.1. The van der Waals surface area contributed by atoms with Crippen molar-refractivity contribution < 1.29 is 36.6 Å². The predicted molar refractivity (Wildman–Crippen MR) is 116 cm³/mol. The van der Waals surface area contributed by atoms with Crippen LogP contribution in [0.25, 0.3) is 0 Å². The molecule has 1 saturated heterocycles. The summed E-state index contributed by atoms with van der Waals surface area (Å²) in [5.74, 6) is -2.41. The Bertz CT molecular complexity index is 1110. The number of ether oxygens (including phenoxy) is 2. The predicted octanol–water partition coefficient (Wildman–Crippen LogP) is 3.93. The maximum atomic E-state index is 13.9. The van der Waals surface area contributed by atoms with Crippen molar-refractivity contribution in [2.75, 3.05) is 26.4 Å². The van der Waals surface area contributed by atoms with Gasteiger partial charge in [-0.15, -0.1) is 0 Å². The van der Waals surface area contributed by atoms with Gasteiger partial charge in [0.15, 0.2) is 0 Å². The minimum atomic E-state index is -4.70. The van der Waals surface area contributed by atoms with Gasteiger partial charge in [-0.1, -0.05) is 0 Å². The SMILES string of the molecule is CCn1nc(CCCOC(=O)c2cc(C(F)(F)F)ccc2F)c2c1C(=O)NCC1(CCOCC1)C2. The highest BCUT2D eigenvalue weighted by molar-refractivity contribution is 5.95. The zero-order chi connectivity index (χ0) is 25.2. The topological polar surface area (TPSA) is 82.5 Å². The number of esters is 1. The maximum Gasteiger partial charge on any atom is 0.416 e. The molecule has 1 N–H and O–H groups in total. The van der Waals surface area contributed by atoms with Crippen molar-refractivity contribution in [3.05, 3.63) is 52.1 Å². The Morgan fingerprint density at radius 1 is 1.29 bits per heavy atom. The van der Waals surface area contributed by atoms with Crippen LogP contribution in [-0.4, -0.2) is 48.0 Å². The van der Waals surface area contributed by atoms with Crippen molar-refractivity contribution in [3.63, 3.8) is 0 Å². The quantitative estimate of drug-likeness (QED) is 0.372. The number of rotatable bonds is 6. The van der Waals surface area contributed by atoms with E-state index in [0.717, 1.165) is 24.1 Å². The van der Waals surface area contributed by atoms with Crippen LogP contribution in [0.3, 0.4) is 0 Å². The zero-order valence-corrected chi connectivity index (χ0v) is 19.3. The fraction of sp³-hybridized carbons (Fsp3) is 0.542. The van der Waals surface area contributed by atoms with Gasteiger partial charge in [-0.3, -0.25) is 9.48 Å². The number of carbonyl (C=O) groups is 2. The number of benzene rings is 1. The van der Waals surface area contributed by atoms with Gasteiger partial charge in [0.1, 0.15) is 11.5 Å². The number of aryl methyl sites for hydroxylation is 2. The number of hydrogen-bond donors (Lipinski definition) is 1. The van der Waals surface area contributed by atoms with Gasteiger partial charge in [0.25, 0.3) is 5.91 Å². The van der Waals surface area contributed by atoms with Gasteiger partial charge in [-0.05, 0) is 62.6 Å². The summed E-state index contributed by atoms with van der Waals surface area (Å²) >= 11 is 0. The van der Waals surface area contributed by atoms with E-state index < -0.39 is 29.1 Å². The van der Waals surface area contributed by atoms with Gasteiger partial charge >= 0.3 is 12.1 Å². The van der Waals surface area contributed by atoms with E-state index in [9.17, 15) is 27.2 Å². The molecule has 1 amide bonds. The second-order valence-corrected chi connectivity index (χ2v) is 8.99. The lowest BCUT2D eigenvalue weighted by molar-refractivity contribution is -0.137. The molecule has 1 aromatic carbocycles. The summed E-state index contributed by atoms with van der Waals surface area (Å²) in [5, 5.41) is 7.64. The van der Waals surface area contributed by atoms with Crippen molar-refractivity contribution >= 4 is 11.9 Å². The Labute approximate surface area is 199 Å². The fourth-order valence-corrected chi connectivity index (χ4v) is 4.71. The molecule has 1 fully saturated rings. The molecule has 0 bridgehead atoms. The van der Waals surface area contributed by atoms with E-state index in [4.69, 9.17) is 9.47 Å². The van der Waals surface area contributed by atoms with Gasteiger partial charge in [0, 0.05) is 31.9 Å². The average molecular weight is 497 g/mol. The minimum absolute atomic E-state index is 0.108. The number of nitrogens with one attached hydrogen (secondary N) is 1. The molecule has 3 heterocycles. The number of halogens is 4. The Hall–Kier alpha value is -2.95. The molecule has 1 aromatic heterocycles. The summed E-state index contributed by atoms with van der Waals surface area (Å²) in [6, 6.07) is 1.62. The van der Waals surface area contributed by atoms with E-state index >= 15 is 0 Å². The monoisotopic (exact) mass is 497 g/mol. The lowest BCUT2D eigenvalue weighted by Crippen LogP contribution is -2.40. The second kappa shape index (κ2) is 9.96. The number of hydrogen-bond acceptors (Lipinski definition) is 5. The molecule has 0 saturated carbocycles. The van der Waals surface area contributed by atoms with E-state index in [2.05, 4.69) is 10.4 Å². The van der Waals surface area contributed by atoms with E-state index in [1.54, 1.807) is 4.68 Å². The van der Waals surface area contributed by atoms with Crippen LogP contribution in [0.2, 0.25) is 0 Å². The number of amides is 1. The van der Waals surface area contributed by atoms with Crippen LogP contribution in [0.5, 0.6) is 0 Å². The van der Waals surface area contributed by atoms with Crippen molar-refractivity contribution in [1.29, 1.82) is 0 Å². The summed E-state index contributed by atoms with van der Waals surface area (Å²) < 4.78 is 64.9. The first-order chi connectivity index (χ1) is 16.6. The third kappa shape index (κ3) is 5.34. The molecule has 7 nitrogen and oxygen atoms in total. The Morgan fingerprint density at radius 3 is 2.71 bits per heavy atom. The molecule has 0 unspecified atom stereocenters. The van der Waals surface area contributed by atoms with E-state index in [1.165, 1.54) is 0 Å². The highest BCUT2D eigenvalue weighted by Gasteiger charge is 2.39. The maximum absolute atomic E-state index is 13.9. The van der Waals surface area contributed by atoms with Crippen molar-refractivity contribution in [2.45, 2.75) is 51.7 Å². The number of fused-ring (bicyclic) bond motifs is 1. The Balaban J connectivity index is 1.45. The van der Waals surface area contributed by atoms with Crippen LogP contribution >= 0.6 is 0 Å². The van der Waals surface area contributed by atoms with Gasteiger partial charge in [0.05, 0.1) is 23.4 Å². The molecular weight excluding hydrogens is 470 g/mol. The fourth-order valence-electron chi connectivity index (χ4n) is 4.71. The summed E-state index contributed by atoms with van der Waals surface area (Å²) in [5.41, 5.74) is 0.142. The molecule has 190 valence electrons. The lowest BCUT2D eigenvalue weighted by Gasteiger charge is -2.36. The van der Waals surface area contributed by atoms with Gasteiger partial charge in [0.2, 0.25) is 0 Å². The third-order valence-corrected chi connectivity index (χ3v) is 6.68. The van der Waals surface area contributed by atoms with Crippen LogP contribution < -0.4 is 5.32 Å². The molecule has 4 rings (SSSR count). The molecule has 2 aliphatic rings. The number of aromatic nitrogens is 2. The van der Waals surface area contributed by atoms with Crippen molar-refractivity contribution in [2.24, 2.45) is 5.41 Å². The van der Waals surface area contributed by atoms with E-state index in [0.29, 0.717) is 69.5 Å². The van der Waals surface area contributed by atoms with Crippen LogP contribution in [0.4, 0.5) is 17.6 Å². The first-order valence-electron chi connectivity index (χ1n) is 11.6. The molecule has 2 aliphatic heterocycles. The first-order valence-corrected chi connectivity index (χ1v) is 11.6. The molecule has 35 heavy (non-hydrogen) atoms. The standard InChI is InChI=1S/C24H27F4N3O4/c1-2-31-20-17(13-23(14-29-21(20)32)7-10-34-11-8-23)19(30-31)4-3-9-35-22(33)16-12-15(24(26,27)28)5-6-18(16)25/h5-6,12H,2-4,7-11,13-14H2,1H3,(H,29,32). The highest BCUT2D eigenvalue weighted by atomic mass is 19.4. The largest absolute Gasteiger partial charge is 0.462 e. The molecule has 0 aliphatic carbocycles. The first kappa shape index (κ1) is 25.2. The summed E-state index contributed by atoms with van der Waals surface area (Å²) in [6.45, 7) is 4.09. The number of nitrogens with zero attached hydrogens (tertiary/aromatic N) is 2. The molecule has 0 radical (unpaired) electrons. The average Bonchev–Trinajstić information content (AvgIpc) is 3.10. The number of alkyl halides is 3. The van der Waals surface area contributed by atoms with Gasteiger partial charge in [-0.25, -0.2) is 9.18 Å². The van der Waals surface area contributed by atoms with Gasteiger partial charge < -0.3 is 14.8 Å². The van der Waals surface area contributed by atoms with Crippen molar-refractivity contribution in [3.8, 4) is 0 Å². The minimum Gasteiger partial charge on any atom is -0.462 e. The normalized spacial score (nSPS) is 17.6. The molecule has 1 spiro atoms. The highest BCUT2D eigenvalue weighted by Crippen LogP contribution is 2.38. The lowest BCUT2D eigenvalue weighted by atomic mass is 9.75. The van der Waals surface area contributed by atoms with Gasteiger partial charge in [-0.2, -0.15) is 18.3 Å². The van der Waals surface area contributed by atoms with E-state index in [1.807, 2.05) is 6.92 Å². The van der Waals surface area contributed by atoms with Crippen molar-refractivity contribution in [1.82, 2.24) is 15.1 Å². The van der Waals surface area contributed by atoms with Crippen LogP contribution in [0, 0.1) is 11.2 Å². The summed E-state index contributed by atoms with van der Waals surface area (Å²) in [6.07, 6.45) is -1.67. The van der Waals surface area contributed by atoms with E-state index in [-0.39, 0.29) is 17.9 Å². The molecular formula is C24H27F4N3O4. The Kier molecular flexibility index (Phi) is 7.16. The third-order valence-electron chi connectivity index (χ3n) is 6.68. The second-order valence-electron chi connectivity index (χ2n) is 8.99. The van der Waals surface area contributed by atoms with Crippen LogP contribution in [-0.2, 0) is 35.0 Å². The summed E-state index contributed by atoms with van der Waals surface area (Å²) in [7, 11) is 0. The number of carbonyl (C=O) groups excluding carboxylic acids is 2. The van der Waals surface area contributed by atoms with Crippen LogP contribution in [0.1, 0.15) is 63.9 Å². The zero-order valence-electron chi connectivity index (χ0n) is 19.3. The van der Waals surface area contributed by atoms with Crippen LogP contribution in [0.15, 0.2) is 18.2 Å². The smallest absolute Gasteiger partial charge is 0.416 e.